The summed E-state index contributed by atoms with van der Waals surface area (Å²) in [5, 5.41) is 3.16. The molecule has 0 aliphatic carbocycles. The highest BCUT2D eigenvalue weighted by Gasteiger charge is 2.09. The monoisotopic (exact) mass is 298 g/mol. The minimum absolute atomic E-state index is 0.304. The normalized spacial score (nSPS) is 10.1. The molecule has 0 fully saturated rings. The second kappa shape index (κ2) is 4.58. The summed E-state index contributed by atoms with van der Waals surface area (Å²) in [6.07, 6.45) is 3.06. The fraction of sp³-hybridized carbons (Fsp3) is 0. The highest BCUT2D eigenvalue weighted by atomic mass is 79.9. The Morgan fingerprint density at radius 2 is 2.19 bits per heavy atom. The van der Waals surface area contributed by atoms with Crippen LogP contribution in [0.4, 0.5) is 10.8 Å². The number of aromatic nitrogens is 2. The van der Waals surface area contributed by atoms with Crippen LogP contribution >= 0.6 is 27.3 Å². The number of carbonyl (C=O) groups excluding carboxylic acids is 1. The van der Waals surface area contributed by atoms with Crippen molar-refractivity contribution in [3.8, 4) is 0 Å². The van der Waals surface area contributed by atoms with Crippen molar-refractivity contribution in [2.45, 2.75) is 0 Å². The molecule has 0 spiro atoms. The molecule has 3 N–H and O–H groups in total. The second-order valence-corrected chi connectivity index (χ2v) is 5.31. The van der Waals surface area contributed by atoms with Gasteiger partial charge in [0.05, 0.1) is 21.9 Å². The second-order valence-electron chi connectivity index (χ2n) is 2.90. The molecule has 0 unspecified atom stereocenters. The summed E-state index contributed by atoms with van der Waals surface area (Å²) in [5.74, 6) is -0.304. The van der Waals surface area contributed by atoms with E-state index in [0.29, 0.717) is 16.5 Å². The van der Waals surface area contributed by atoms with E-state index in [-0.39, 0.29) is 5.91 Å². The van der Waals surface area contributed by atoms with Crippen molar-refractivity contribution in [1.29, 1.82) is 0 Å². The van der Waals surface area contributed by atoms with Crippen LogP contribution in [0.15, 0.2) is 28.3 Å². The molecule has 82 valence electrons. The van der Waals surface area contributed by atoms with Crippen molar-refractivity contribution < 1.29 is 4.79 Å². The first-order valence-corrected chi connectivity index (χ1v) is 5.90. The predicted molar refractivity (Wildman–Crippen MR) is 66.4 cm³/mol. The number of hydrogen-bond acceptors (Lipinski definition) is 5. The van der Waals surface area contributed by atoms with Gasteiger partial charge in [0.2, 0.25) is 0 Å². The zero-order valence-corrected chi connectivity index (χ0v) is 10.4. The minimum Gasteiger partial charge on any atom is -0.397 e. The quantitative estimate of drug-likeness (QED) is 0.890. The number of amides is 1. The molecule has 2 aromatic rings. The van der Waals surface area contributed by atoms with Gasteiger partial charge in [-0.2, -0.15) is 0 Å². The summed E-state index contributed by atoms with van der Waals surface area (Å²) in [6.45, 7) is 0. The first-order chi connectivity index (χ1) is 7.65. The smallest absolute Gasteiger partial charge is 0.276 e. The first-order valence-electron chi connectivity index (χ1n) is 4.29. The van der Waals surface area contributed by atoms with E-state index < -0.39 is 0 Å². The average Bonchev–Trinajstić information content (AvgIpc) is 2.65. The number of rotatable bonds is 2. The van der Waals surface area contributed by atoms with Crippen LogP contribution < -0.4 is 11.1 Å². The Morgan fingerprint density at radius 1 is 1.38 bits per heavy atom. The number of nitrogen functional groups attached to an aromatic ring is 1. The summed E-state index contributed by atoms with van der Waals surface area (Å²) < 4.78 is 0.855. The lowest BCUT2D eigenvalue weighted by Crippen LogP contribution is -2.13. The summed E-state index contributed by atoms with van der Waals surface area (Å²) >= 11 is 4.60. The molecule has 7 heteroatoms. The number of nitrogens with one attached hydrogen (secondary N) is 1. The molecule has 2 rings (SSSR count). The molecule has 0 radical (unpaired) electrons. The Kier molecular flexibility index (Phi) is 3.16. The number of nitrogens with zero attached hydrogens (tertiary/aromatic N) is 2. The molecule has 0 saturated carbocycles. The van der Waals surface area contributed by atoms with Crippen molar-refractivity contribution in [1.82, 2.24) is 9.97 Å². The molecule has 1 amide bonds. The van der Waals surface area contributed by atoms with Crippen LogP contribution in [0.2, 0.25) is 0 Å². The highest BCUT2D eigenvalue weighted by Crippen LogP contribution is 2.23. The molecule has 0 saturated heterocycles. The lowest BCUT2D eigenvalue weighted by Gasteiger charge is -2.00. The van der Waals surface area contributed by atoms with Crippen LogP contribution in [0.25, 0.3) is 0 Å². The number of hydrogen-bond donors (Lipinski definition) is 2. The van der Waals surface area contributed by atoms with E-state index in [4.69, 9.17) is 5.73 Å². The zero-order valence-electron chi connectivity index (χ0n) is 7.98. The predicted octanol–water partition coefficient (Wildman–Crippen LogP) is 2.14. The summed E-state index contributed by atoms with van der Waals surface area (Å²) in [6, 6.07) is 3.19. The molecule has 0 aliphatic rings. The Labute approximate surface area is 104 Å². The maximum Gasteiger partial charge on any atom is 0.276 e. The minimum atomic E-state index is -0.304. The molecule has 16 heavy (non-hydrogen) atoms. The topological polar surface area (TPSA) is 80.9 Å². The Hall–Kier alpha value is -1.47. The molecular formula is C9H7BrN4OS. The molecule has 0 aliphatic heterocycles. The van der Waals surface area contributed by atoms with Crippen LogP contribution in [0.5, 0.6) is 0 Å². The summed E-state index contributed by atoms with van der Waals surface area (Å²) in [4.78, 5) is 19.6. The number of carbonyl (C=O) groups is 1. The lowest BCUT2D eigenvalue weighted by atomic mass is 10.3. The van der Waals surface area contributed by atoms with E-state index in [9.17, 15) is 4.79 Å². The van der Waals surface area contributed by atoms with Crippen molar-refractivity contribution >= 4 is 44.0 Å². The van der Waals surface area contributed by atoms with Gasteiger partial charge in [-0.05, 0) is 28.1 Å². The van der Waals surface area contributed by atoms with Gasteiger partial charge in [0.1, 0.15) is 5.69 Å². The van der Waals surface area contributed by atoms with Gasteiger partial charge in [0, 0.05) is 0 Å². The number of nitrogens with two attached hydrogens (primary N) is 1. The summed E-state index contributed by atoms with van der Waals surface area (Å²) in [5.41, 5.74) is 6.30. The first kappa shape index (κ1) is 11.0. The van der Waals surface area contributed by atoms with Crippen molar-refractivity contribution in [2.24, 2.45) is 0 Å². The third kappa shape index (κ3) is 2.56. The van der Waals surface area contributed by atoms with Gasteiger partial charge in [0.15, 0.2) is 5.13 Å². The molecule has 2 heterocycles. The third-order valence-electron chi connectivity index (χ3n) is 1.72. The maximum absolute atomic E-state index is 11.7. The van der Waals surface area contributed by atoms with Gasteiger partial charge >= 0.3 is 0 Å². The number of anilines is 2. The van der Waals surface area contributed by atoms with E-state index in [2.05, 4.69) is 31.2 Å². The maximum atomic E-state index is 11.7. The average molecular weight is 299 g/mol. The fourth-order valence-electron chi connectivity index (χ4n) is 1.01. The SMILES string of the molecule is Nc1ccc(C(=O)Nc2ncc(Br)s2)nc1. The molecule has 0 aromatic carbocycles. The van der Waals surface area contributed by atoms with E-state index in [1.807, 2.05) is 0 Å². The molecule has 0 bridgehead atoms. The number of thiazole rings is 1. The Balaban J connectivity index is 2.11. The number of halogens is 1. The van der Waals surface area contributed by atoms with E-state index >= 15 is 0 Å². The van der Waals surface area contributed by atoms with Crippen molar-refractivity contribution in [3.05, 3.63) is 34.0 Å². The van der Waals surface area contributed by atoms with Gasteiger partial charge < -0.3 is 5.73 Å². The lowest BCUT2D eigenvalue weighted by molar-refractivity contribution is 0.102. The van der Waals surface area contributed by atoms with Crippen LogP contribution in [0.1, 0.15) is 10.5 Å². The Morgan fingerprint density at radius 3 is 2.75 bits per heavy atom. The number of pyridine rings is 1. The fourth-order valence-corrected chi connectivity index (χ4v) is 2.11. The van der Waals surface area contributed by atoms with Crippen LogP contribution in [0.3, 0.4) is 0 Å². The van der Waals surface area contributed by atoms with Crippen LogP contribution in [-0.2, 0) is 0 Å². The largest absolute Gasteiger partial charge is 0.397 e. The van der Waals surface area contributed by atoms with Crippen molar-refractivity contribution in [3.63, 3.8) is 0 Å². The van der Waals surface area contributed by atoms with E-state index in [1.54, 1.807) is 18.3 Å². The molecular weight excluding hydrogens is 292 g/mol. The molecule has 0 atom stereocenters. The molecule has 2 aromatic heterocycles. The zero-order chi connectivity index (χ0) is 11.5. The van der Waals surface area contributed by atoms with Gasteiger partial charge in [0.25, 0.3) is 5.91 Å². The van der Waals surface area contributed by atoms with Crippen LogP contribution in [0, 0.1) is 0 Å². The van der Waals surface area contributed by atoms with E-state index in [0.717, 1.165) is 3.79 Å². The van der Waals surface area contributed by atoms with Gasteiger partial charge in [-0.25, -0.2) is 9.97 Å². The molecule has 5 nitrogen and oxygen atoms in total. The van der Waals surface area contributed by atoms with Crippen molar-refractivity contribution in [2.75, 3.05) is 11.1 Å². The van der Waals surface area contributed by atoms with E-state index in [1.165, 1.54) is 17.5 Å². The van der Waals surface area contributed by atoms with Gasteiger partial charge in [-0.1, -0.05) is 11.3 Å². The summed E-state index contributed by atoms with van der Waals surface area (Å²) in [7, 11) is 0. The van der Waals surface area contributed by atoms with Gasteiger partial charge in [-0.15, -0.1) is 0 Å². The van der Waals surface area contributed by atoms with Gasteiger partial charge in [-0.3, -0.25) is 10.1 Å². The Bertz CT molecular complexity index is 510. The standard InChI is InChI=1S/C9H7BrN4OS/c10-7-4-13-9(16-7)14-8(15)6-2-1-5(11)3-12-6/h1-4H,11H2,(H,13,14,15). The highest BCUT2D eigenvalue weighted by molar-refractivity contribution is 9.11. The van der Waals surface area contributed by atoms with Crippen LogP contribution in [-0.4, -0.2) is 15.9 Å². The third-order valence-corrected chi connectivity index (χ3v) is 3.11.